The molecule has 0 fully saturated rings. The van der Waals surface area contributed by atoms with Gasteiger partial charge >= 0.3 is 0 Å². The second-order valence-electron chi connectivity index (χ2n) is 3.34. The Bertz CT molecular complexity index is 445. The Balaban J connectivity index is 2.20. The van der Waals surface area contributed by atoms with E-state index in [0.29, 0.717) is 17.3 Å². The lowest BCUT2D eigenvalue weighted by molar-refractivity contribution is 0.420. The van der Waals surface area contributed by atoms with Gasteiger partial charge in [0.15, 0.2) is 5.82 Å². The zero-order valence-electron chi connectivity index (χ0n) is 8.80. The molecule has 2 aromatic heterocycles. The van der Waals surface area contributed by atoms with Crippen molar-refractivity contribution in [1.29, 1.82) is 0 Å². The number of halogens is 1. The Kier molecular flexibility index (Phi) is 3.46. The van der Waals surface area contributed by atoms with Crippen LogP contribution in [0.4, 0.5) is 0 Å². The van der Waals surface area contributed by atoms with Crippen molar-refractivity contribution in [3.63, 3.8) is 0 Å². The number of hydrogen-bond acceptors (Lipinski definition) is 5. The van der Waals surface area contributed by atoms with Gasteiger partial charge in [0.05, 0.1) is 10.9 Å². The van der Waals surface area contributed by atoms with Gasteiger partial charge in [0, 0.05) is 12.4 Å². The van der Waals surface area contributed by atoms with Gasteiger partial charge in [-0.15, -0.1) is 11.6 Å². The third-order valence-electron chi connectivity index (χ3n) is 2.07. The van der Waals surface area contributed by atoms with Crippen molar-refractivity contribution in [1.82, 2.24) is 20.1 Å². The minimum Gasteiger partial charge on any atom is -0.334 e. The average Bonchev–Trinajstić information content (AvgIpc) is 2.80. The first-order valence-electron chi connectivity index (χ1n) is 5.04. The zero-order chi connectivity index (χ0) is 11.4. The minimum absolute atomic E-state index is 0.202. The smallest absolute Gasteiger partial charge is 0.261 e. The molecule has 0 N–H and O–H groups in total. The summed E-state index contributed by atoms with van der Waals surface area (Å²) < 4.78 is 5.09. The Labute approximate surface area is 97.9 Å². The molecule has 6 heteroatoms. The van der Waals surface area contributed by atoms with E-state index in [4.69, 9.17) is 16.1 Å². The van der Waals surface area contributed by atoms with E-state index in [0.717, 1.165) is 12.8 Å². The van der Waals surface area contributed by atoms with Crippen LogP contribution in [0.3, 0.4) is 0 Å². The highest BCUT2D eigenvalue weighted by atomic mass is 35.5. The third kappa shape index (κ3) is 2.36. The molecule has 0 aliphatic heterocycles. The molecule has 5 nitrogen and oxygen atoms in total. The predicted molar refractivity (Wildman–Crippen MR) is 58.8 cm³/mol. The molecule has 0 saturated heterocycles. The number of alkyl halides is 1. The molecule has 0 bridgehead atoms. The fourth-order valence-electron chi connectivity index (χ4n) is 1.27. The summed E-state index contributed by atoms with van der Waals surface area (Å²) in [4.78, 5) is 12.0. The van der Waals surface area contributed by atoms with Crippen molar-refractivity contribution in [3.8, 4) is 11.5 Å². The van der Waals surface area contributed by atoms with Gasteiger partial charge in [0.1, 0.15) is 6.33 Å². The van der Waals surface area contributed by atoms with Crippen LogP contribution in [0.25, 0.3) is 11.5 Å². The quantitative estimate of drug-likeness (QED) is 0.766. The molecule has 2 heterocycles. The van der Waals surface area contributed by atoms with E-state index in [9.17, 15) is 0 Å². The Morgan fingerprint density at radius 2 is 2.12 bits per heavy atom. The summed E-state index contributed by atoms with van der Waals surface area (Å²) in [7, 11) is 0. The van der Waals surface area contributed by atoms with Gasteiger partial charge in [-0.3, -0.25) is 0 Å². The average molecular weight is 239 g/mol. The Morgan fingerprint density at radius 1 is 1.38 bits per heavy atom. The van der Waals surface area contributed by atoms with E-state index >= 15 is 0 Å². The monoisotopic (exact) mass is 238 g/mol. The molecule has 0 spiro atoms. The molecule has 0 radical (unpaired) electrons. The molecule has 0 amide bonds. The van der Waals surface area contributed by atoms with E-state index in [2.05, 4.69) is 27.0 Å². The first kappa shape index (κ1) is 11.0. The zero-order valence-corrected chi connectivity index (χ0v) is 9.55. The first-order valence-corrected chi connectivity index (χ1v) is 5.48. The van der Waals surface area contributed by atoms with Gasteiger partial charge in [0.25, 0.3) is 5.89 Å². The largest absolute Gasteiger partial charge is 0.334 e. The molecule has 2 aromatic rings. The van der Waals surface area contributed by atoms with E-state index in [1.165, 1.54) is 6.33 Å². The maximum absolute atomic E-state index is 6.09. The Morgan fingerprint density at radius 3 is 2.81 bits per heavy atom. The number of nitrogens with zero attached hydrogens (tertiary/aromatic N) is 4. The van der Waals surface area contributed by atoms with Crippen molar-refractivity contribution in [3.05, 3.63) is 24.5 Å². The van der Waals surface area contributed by atoms with Gasteiger partial charge in [-0.2, -0.15) is 4.98 Å². The second-order valence-corrected chi connectivity index (χ2v) is 3.87. The number of rotatable bonds is 4. The van der Waals surface area contributed by atoms with Crippen LogP contribution in [-0.2, 0) is 0 Å². The van der Waals surface area contributed by atoms with Crippen LogP contribution in [0.15, 0.2) is 23.2 Å². The van der Waals surface area contributed by atoms with Crippen LogP contribution >= 0.6 is 11.6 Å². The van der Waals surface area contributed by atoms with Crippen molar-refractivity contribution in [2.75, 3.05) is 0 Å². The maximum Gasteiger partial charge on any atom is 0.261 e. The highest BCUT2D eigenvalue weighted by molar-refractivity contribution is 6.20. The van der Waals surface area contributed by atoms with E-state index < -0.39 is 0 Å². The standard InChI is InChI=1S/C10H11ClN4O/c1-2-3-8(11)9-14-10(16-15-9)7-4-12-6-13-5-7/h4-6,8H,2-3H2,1H3. The summed E-state index contributed by atoms with van der Waals surface area (Å²) in [5, 5.41) is 3.64. The van der Waals surface area contributed by atoms with Gasteiger partial charge in [0.2, 0.25) is 0 Å². The minimum atomic E-state index is -0.202. The summed E-state index contributed by atoms with van der Waals surface area (Å²) in [5.74, 6) is 0.916. The van der Waals surface area contributed by atoms with Gasteiger partial charge in [-0.1, -0.05) is 18.5 Å². The molecule has 0 aliphatic carbocycles. The van der Waals surface area contributed by atoms with Crippen molar-refractivity contribution < 1.29 is 4.52 Å². The van der Waals surface area contributed by atoms with Crippen molar-refractivity contribution in [2.24, 2.45) is 0 Å². The molecule has 0 saturated carbocycles. The van der Waals surface area contributed by atoms with Gasteiger partial charge in [-0.05, 0) is 6.42 Å². The number of aromatic nitrogens is 4. The topological polar surface area (TPSA) is 64.7 Å². The predicted octanol–water partition coefficient (Wildman–Crippen LogP) is 2.61. The van der Waals surface area contributed by atoms with Crippen molar-refractivity contribution >= 4 is 11.6 Å². The molecule has 1 unspecified atom stereocenters. The van der Waals surface area contributed by atoms with Crippen LogP contribution in [0, 0.1) is 0 Å². The van der Waals surface area contributed by atoms with Gasteiger partial charge < -0.3 is 4.52 Å². The highest BCUT2D eigenvalue weighted by Crippen LogP contribution is 2.25. The molecule has 2 rings (SSSR count). The van der Waals surface area contributed by atoms with E-state index in [1.807, 2.05) is 0 Å². The lowest BCUT2D eigenvalue weighted by Crippen LogP contribution is -1.92. The van der Waals surface area contributed by atoms with Crippen LogP contribution in [0.5, 0.6) is 0 Å². The molecular formula is C10H11ClN4O. The summed E-state index contributed by atoms with van der Waals surface area (Å²) in [6.45, 7) is 2.06. The maximum atomic E-state index is 6.09. The normalized spacial score (nSPS) is 12.6. The second kappa shape index (κ2) is 5.03. The first-order chi connectivity index (χ1) is 7.81. The van der Waals surface area contributed by atoms with Crippen LogP contribution in [0.1, 0.15) is 31.0 Å². The summed E-state index contributed by atoms with van der Waals surface area (Å²) in [6, 6.07) is 0. The molecule has 0 aromatic carbocycles. The molecule has 84 valence electrons. The SMILES string of the molecule is CCCC(Cl)c1noc(-c2cncnc2)n1. The van der Waals surface area contributed by atoms with Crippen LogP contribution in [-0.4, -0.2) is 20.1 Å². The molecule has 1 atom stereocenters. The lowest BCUT2D eigenvalue weighted by Gasteiger charge is -1.99. The number of hydrogen-bond donors (Lipinski definition) is 0. The molecule has 0 aliphatic rings. The van der Waals surface area contributed by atoms with E-state index in [-0.39, 0.29) is 5.38 Å². The van der Waals surface area contributed by atoms with Crippen molar-refractivity contribution in [2.45, 2.75) is 25.1 Å². The fraction of sp³-hybridized carbons (Fsp3) is 0.400. The molecular weight excluding hydrogens is 228 g/mol. The summed E-state index contributed by atoms with van der Waals surface area (Å²) in [5.41, 5.74) is 0.696. The third-order valence-corrected chi connectivity index (χ3v) is 2.48. The molecule has 16 heavy (non-hydrogen) atoms. The van der Waals surface area contributed by atoms with E-state index in [1.54, 1.807) is 12.4 Å². The fourth-order valence-corrected chi connectivity index (χ4v) is 1.58. The van der Waals surface area contributed by atoms with Crippen LogP contribution in [0.2, 0.25) is 0 Å². The lowest BCUT2D eigenvalue weighted by atomic mass is 10.2. The van der Waals surface area contributed by atoms with Gasteiger partial charge in [-0.25, -0.2) is 9.97 Å². The Hall–Kier alpha value is -1.49. The van der Waals surface area contributed by atoms with Crippen LogP contribution < -0.4 is 0 Å². The summed E-state index contributed by atoms with van der Waals surface area (Å²) in [6.07, 6.45) is 6.49. The highest BCUT2D eigenvalue weighted by Gasteiger charge is 2.15. The summed E-state index contributed by atoms with van der Waals surface area (Å²) >= 11 is 6.09.